The number of hydrogen-bond donors (Lipinski definition) is 1. The molecular weight excluding hydrogens is 435 g/mol. The molecule has 1 unspecified atom stereocenters. The van der Waals surface area contributed by atoms with Crippen LogP contribution in [-0.2, 0) is 16.1 Å². The predicted octanol–water partition coefficient (Wildman–Crippen LogP) is 4.50. The molecule has 1 N–H and O–H groups in total. The summed E-state index contributed by atoms with van der Waals surface area (Å²) in [5.74, 6) is -1.93. The number of aliphatic hydroxyl groups excluding tert-OH is 1. The Morgan fingerprint density at radius 1 is 1.12 bits per heavy atom. The van der Waals surface area contributed by atoms with Gasteiger partial charge in [-0.25, -0.2) is 4.39 Å². The minimum atomic E-state index is -0.857. The zero-order valence-electron chi connectivity index (χ0n) is 17.0. The van der Waals surface area contributed by atoms with Crippen LogP contribution in [0.3, 0.4) is 0 Å². The van der Waals surface area contributed by atoms with E-state index < -0.39 is 23.5 Å². The van der Waals surface area contributed by atoms with Crippen molar-refractivity contribution in [2.45, 2.75) is 12.6 Å². The van der Waals surface area contributed by atoms with Crippen LogP contribution in [0, 0.1) is 5.82 Å². The van der Waals surface area contributed by atoms with Crippen LogP contribution in [0.5, 0.6) is 5.75 Å². The van der Waals surface area contributed by atoms with E-state index in [4.69, 9.17) is 16.3 Å². The van der Waals surface area contributed by atoms with Crippen LogP contribution >= 0.6 is 11.6 Å². The van der Waals surface area contributed by atoms with Gasteiger partial charge in [0, 0.05) is 24.5 Å². The molecule has 162 valence electrons. The molecule has 8 heteroatoms. The van der Waals surface area contributed by atoms with Gasteiger partial charge in [-0.2, -0.15) is 0 Å². The van der Waals surface area contributed by atoms with Crippen molar-refractivity contribution in [3.8, 4) is 5.75 Å². The summed E-state index contributed by atoms with van der Waals surface area (Å²) in [5, 5.41) is 11.3. The van der Waals surface area contributed by atoms with Crippen molar-refractivity contribution in [3.63, 3.8) is 0 Å². The number of Topliss-reactive ketones (excluding diaryl/α,β-unsaturated/α-hetero) is 1. The van der Waals surface area contributed by atoms with E-state index in [1.165, 1.54) is 42.6 Å². The summed E-state index contributed by atoms with van der Waals surface area (Å²) >= 11 is 6.19. The lowest BCUT2D eigenvalue weighted by atomic mass is 9.95. The number of ketones is 1. The number of pyridine rings is 1. The summed E-state index contributed by atoms with van der Waals surface area (Å²) in [7, 11) is 1.46. The third kappa shape index (κ3) is 3.94. The maximum absolute atomic E-state index is 13.3. The van der Waals surface area contributed by atoms with Gasteiger partial charge in [0.1, 0.15) is 17.3 Å². The minimum absolute atomic E-state index is 0.0536. The Morgan fingerprint density at radius 3 is 2.44 bits per heavy atom. The van der Waals surface area contributed by atoms with Crippen molar-refractivity contribution in [2.24, 2.45) is 0 Å². The average Bonchev–Trinajstić information content (AvgIpc) is 3.05. The number of ether oxygens (including phenoxy) is 1. The molecule has 0 saturated carbocycles. The number of carbonyl (C=O) groups excluding carboxylic acids is 2. The molecule has 1 amide bonds. The van der Waals surface area contributed by atoms with Crippen molar-refractivity contribution in [2.75, 3.05) is 7.11 Å². The maximum atomic E-state index is 13.3. The number of amides is 1. The highest BCUT2D eigenvalue weighted by atomic mass is 35.5. The highest BCUT2D eigenvalue weighted by Crippen LogP contribution is 2.40. The van der Waals surface area contributed by atoms with Gasteiger partial charge in [0.2, 0.25) is 0 Å². The van der Waals surface area contributed by atoms with Gasteiger partial charge in [-0.1, -0.05) is 23.7 Å². The van der Waals surface area contributed by atoms with E-state index in [0.717, 1.165) is 0 Å². The second-order valence-corrected chi connectivity index (χ2v) is 7.59. The Balaban J connectivity index is 1.84. The SMILES string of the molecule is COc1ccc(/C(O)=C2/C(=O)C(=O)N(Cc3ccc(F)cc3)C2c2ccncc2)cc1Cl. The lowest BCUT2D eigenvalue weighted by molar-refractivity contribution is -0.140. The summed E-state index contributed by atoms with van der Waals surface area (Å²) in [6, 6.07) is 12.7. The van der Waals surface area contributed by atoms with Crippen LogP contribution in [0.1, 0.15) is 22.7 Å². The van der Waals surface area contributed by atoms with Crippen molar-refractivity contribution in [3.05, 3.63) is 100 Å². The molecule has 1 aromatic heterocycles. The molecule has 6 nitrogen and oxygen atoms in total. The molecule has 2 heterocycles. The predicted molar refractivity (Wildman–Crippen MR) is 116 cm³/mol. The second-order valence-electron chi connectivity index (χ2n) is 7.18. The number of likely N-dealkylation sites (tertiary alicyclic amines) is 1. The number of carbonyl (C=O) groups is 2. The Bertz CT molecular complexity index is 1210. The van der Waals surface area contributed by atoms with Gasteiger partial charge in [-0.05, 0) is 53.6 Å². The normalized spacial score (nSPS) is 17.6. The van der Waals surface area contributed by atoms with E-state index in [1.54, 1.807) is 36.4 Å². The van der Waals surface area contributed by atoms with E-state index in [2.05, 4.69) is 4.98 Å². The van der Waals surface area contributed by atoms with Crippen molar-refractivity contribution < 1.29 is 23.8 Å². The number of hydrogen-bond acceptors (Lipinski definition) is 5. The standard InChI is InChI=1S/C24H18ClFN2O4/c1-32-19-7-4-16(12-18(19)25)22(29)20-21(15-8-10-27-11-9-15)28(24(31)23(20)30)13-14-2-5-17(26)6-3-14/h2-12,21,29H,13H2,1H3/b22-20-. The Kier molecular flexibility index (Phi) is 5.92. The van der Waals surface area contributed by atoms with Gasteiger partial charge < -0.3 is 14.7 Å². The third-order valence-electron chi connectivity index (χ3n) is 5.25. The zero-order chi connectivity index (χ0) is 22.8. The van der Waals surface area contributed by atoms with Gasteiger partial charge >= 0.3 is 0 Å². The van der Waals surface area contributed by atoms with Gasteiger partial charge in [0.05, 0.1) is 23.7 Å². The molecule has 0 radical (unpaired) electrons. The number of aliphatic hydroxyl groups is 1. The second kappa shape index (κ2) is 8.80. The average molecular weight is 453 g/mol. The van der Waals surface area contributed by atoms with E-state index in [-0.39, 0.29) is 28.5 Å². The monoisotopic (exact) mass is 452 g/mol. The van der Waals surface area contributed by atoms with Gasteiger partial charge in [-0.15, -0.1) is 0 Å². The van der Waals surface area contributed by atoms with Crippen molar-refractivity contribution in [1.29, 1.82) is 0 Å². The lowest BCUT2D eigenvalue weighted by Gasteiger charge is -2.25. The Labute approximate surface area is 188 Å². The molecule has 1 fully saturated rings. The quantitative estimate of drug-likeness (QED) is 0.350. The lowest BCUT2D eigenvalue weighted by Crippen LogP contribution is -2.29. The van der Waals surface area contributed by atoms with Crippen molar-refractivity contribution in [1.82, 2.24) is 9.88 Å². The summed E-state index contributed by atoms with van der Waals surface area (Å²) in [6.45, 7) is 0.0536. The van der Waals surface area contributed by atoms with E-state index in [1.807, 2.05) is 0 Å². The fourth-order valence-corrected chi connectivity index (χ4v) is 3.95. The van der Waals surface area contributed by atoms with E-state index >= 15 is 0 Å². The number of methoxy groups -OCH3 is 1. The summed E-state index contributed by atoms with van der Waals surface area (Å²) in [4.78, 5) is 31.3. The highest BCUT2D eigenvalue weighted by Gasteiger charge is 2.46. The van der Waals surface area contributed by atoms with Crippen LogP contribution in [0.2, 0.25) is 5.02 Å². The molecule has 2 aromatic carbocycles. The highest BCUT2D eigenvalue weighted by molar-refractivity contribution is 6.46. The first kappa shape index (κ1) is 21.5. The Morgan fingerprint density at radius 2 is 1.81 bits per heavy atom. The first-order chi connectivity index (χ1) is 15.4. The molecule has 0 aliphatic carbocycles. The summed E-state index contributed by atoms with van der Waals surface area (Å²) in [6.07, 6.45) is 3.08. The molecule has 0 bridgehead atoms. The van der Waals surface area contributed by atoms with Crippen LogP contribution in [0.25, 0.3) is 5.76 Å². The molecule has 3 aromatic rings. The number of benzene rings is 2. The first-order valence-corrected chi connectivity index (χ1v) is 10.0. The summed E-state index contributed by atoms with van der Waals surface area (Å²) in [5.41, 5.74) is 1.45. The van der Waals surface area contributed by atoms with Gasteiger partial charge in [0.15, 0.2) is 0 Å². The van der Waals surface area contributed by atoms with Gasteiger partial charge in [0.25, 0.3) is 11.7 Å². The van der Waals surface area contributed by atoms with Crippen LogP contribution < -0.4 is 4.74 Å². The zero-order valence-corrected chi connectivity index (χ0v) is 17.7. The first-order valence-electron chi connectivity index (χ1n) is 9.67. The largest absolute Gasteiger partial charge is 0.507 e. The van der Waals surface area contributed by atoms with Crippen LogP contribution in [0.4, 0.5) is 4.39 Å². The maximum Gasteiger partial charge on any atom is 0.295 e. The number of halogens is 2. The molecule has 1 saturated heterocycles. The minimum Gasteiger partial charge on any atom is -0.507 e. The topological polar surface area (TPSA) is 79.7 Å². The fraction of sp³-hybridized carbons (Fsp3) is 0.125. The molecule has 1 aliphatic rings. The molecular formula is C24H18ClFN2O4. The van der Waals surface area contributed by atoms with Crippen LogP contribution in [0.15, 0.2) is 72.6 Å². The van der Waals surface area contributed by atoms with Crippen molar-refractivity contribution >= 4 is 29.1 Å². The number of nitrogens with zero attached hydrogens (tertiary/aromatic N) is 2. The Hall–Kier alpha value is -3.71. The van der Waals surface area contributed by atoms with E-state index in [0.29, 0.717) is 16.9 Å². The number of rotatable bonds is 5. The third-order valence-corrected chi connectivity index (χ3v) is 5.55. The number of aromatic nitrogens is 1. The van der Waals surface area contributed by atoms with Gasteiger partial charge in [-0.3, -0.25) is 14.6 Å². The fourth-order valence-electron chi connectivity index (χ4n) is 3.69. The molecule has 4 rings (SSSR count). The van der Waals surface area contributed by atoms with Crippen LogP contribution in [-0.4, -0.2) is 33.8 Å². The summed E-state index contributed by atoms with van der Waals surface area (Å²) < 4.78 is 18.5. The molecule has 1 atom stereocenters. The van der Waals surface area contributed by atoms with E-state index in [9.17, 15) is 19.1 Å². The molecule has 1 aliphatic heterocycles. The molecule has 32 heavy (non-hydrogen) atoms. The smallest absolute Gasteiger partial charge is 0.295 e. The molecule has 0 spiro atoms.